The van der Waals surface area contributed by atoms with Crippen LogP contribution in [0.3, 0.4) is 0 Å². The highest BCUT2D eigenvalue weighted by Gasteiger charge is 2.26. The Morgan fingerprint density at radius 1 is 0.733 bits per heavy atom. The Kier molecular flexibility index (Phi) is 12.9. The number of nitrogens with one attached hydrogen (secondary N) is 1. The first kappa shape index (κ1) is 43.6. The molecule has 0 saturated heterocycles. The van der Waals surface area contributed by atoms with Crippen LogP contribution >= 0.6 is 0 Å². The van der Waals surface area contributed by atoms with Crippen molar-refractivity contribution in [3.8, 4) is 22.5 Å². The van der Waals surface area contributed by atoms with Crippen LogP contribution in [-0.4, -0.2) is 87.5 Å². The standard InChI is InChI=1S/C41H39N3O13S3/c1-44(22-4-7-39(45)46)41(47)32-6-3-2-5-31(32)40-33-17-12-28(42-20-18-26-8-13-29(14-9-26)58(48,49)50)23-36(33)57-37-25-35(38(24-34(37)40)60(54,55)56)43-21-19-27-10-15-30(16-11-27)59(51,52)53/h2-3,5-6,8-17,23-25,42H,4,7,18-22H2,1H3,(H,45,46)(H,48,49,50)(H,51,52,53)(H,54,55,56). The van der Waals surface area contributed by atoms with Crippen LogP contribution in [0.25, 0.3) is 33.4 Å². The van der Waals surface area contributed by atoms with Gasteiger partial charge in [0.05, 0.1) is 15.1 Å². The third kappa shape index (κ3) is 10.4. The van der Waals surface area contributed by atoms with Crippen LogP contribution in [0, 0.1) is 0 Å². The molecule has 0 aromatic heterocycles. The van der Waals surface area contributed by atoms with E-state index in [0.717, 1.165) is 5.56 Å². The third-order valence-electron chi connectivity index (χ3n) is 9.60. The highest BCUT2D eigenvalue weighted by molar-refractivity contribution is 7.86. The molecule has 5 N–H and O–H groups in total. The molecule has 4 aromatic rings. The molecule has 1 amide bonds. The van der Waals surface area contributed by atoms with Gasteiger partial charge in [-0.05, 0) is 84.5 Å². The van der Waals surface area contributed by atoms with Crippen molar-refractivity contribution in [1.82, 2.24) is 4.90 Å². The van der Waals surface area contributed by atoms with Crippen molar-refractivity contribution in [3.05, 3.63) is 125 Å². The lowest BCUT2D eigenvalue weighted by atomic mass is 9.90. The Balaban J connectivity index is 1.45. The molecule has 0 bridgehead atoms. The molecule has 0 radical (unpaired) electrons. The molecule has 4 aromatic carbocycles. The predicted molar refractivity (Wildman–Crippen MR) is 221 cm³/mol. The minimum atomic E-state index is -4.91. The first-order valence-corrected chi connectivity index (χ1v) is 22.6. The number of rotatable bonds is 16. The van der Waals surface area contributed by atoms with Crippen molar-refractivity contribution in [2.75, 3.05) is 32.0 Å². The number of anilines is 1. The summed E-state index contributed by atoms with van der Waals surface area (Å²) in [5.74, 6) is -1.28. The molecule has 0 unspecified atom stereocenters. The Hall–Kier alpha value is -5.96. The average Bonchev–Trinajstić information content (AvgIpc) is 3.18. The number of carbonyl (C=O) groups excluding carboxylic acids is 1. The van der Waals surface area contributed by atoms with Gasteiger partial charge in [0.25, 0.3) is 36.3 Å². The van der Waals surface area contributed by atoms with E-state index in [9.17, 15) is 48.5 Å². The number of amides is 1. The van der Waals surface area contributed by atoms with Gasteiger partial charge in [-0.3, -0.25) is 28.2 Å². The molecule has 1 aliphatic heterocycles. The number of carboxylic acid groups (broad SMARTS) is 1. The van der Waals surface area contributed by atoms with E-state index in [0.29, 0.717) is 46.3 Å². The molecular formula is C41H39N3O13S3. The predicted octanol–water partition coefficient (Wildman–Crippen LogP) is 5.68. The zero-order valence-corrected chi connectivity index (χ0v) is 34.3. The van der Waals surface area contributed by atoms with Gasteiger partial charge in [0.15, 0.2) is 0 Å². The summed E-state index contributed by atoms with van der Waals surface area (Å²) in [5.41, 5.74) is 3.61. The summed E-state index contributed by atoms with van der Waals surface area (Å²) in [6, 6.07) is 25.6. The Morgan fingerprint density at radius 3 is 1.95 bits per heavy atom. The monoisotopic (exact) mass is 877 g/mol. The molecule has 0 atom stereocenters. The van der Waals surface area contributed by atoms with Crippen LogP contribution in [0.4, 0.5) is 5.69 Å². The first-order valence-electron chi connectivity index (χ1n) is 18.3. The molecule has 314 valence electrons. The zero-order valence-electron chi connectivity index (χ0n) is 31.8. The quantitative estimate of drug-likeness (QED) is 0.0579. The summed E-state index contributed by atoms with van der Waals surface area (Å²) in [4.78, 5) is 29.9. The molecule has 16 nitrogen and oxygen atoms in total. The first-order chi connectivity index (χ1) is 28.3. The molecule has 0 saturated carbocycles. The van der Waals surface area contributed by atoms with Crippen LogP contribution < -0.4 is 10.7 Å². The fourth-order valence-electron chi connectivity index (χ4n) is 6.61. The maximum absolute atomic E-state index is 13.9. The normalized spacial score (nSPS) is 12.5. The summed E-state index contributed by atoms with van der Waals surface area (Å²) in [7, 11) is -12.1. The van der Waals surface area contributed by atoms with Gasteiger partial charge >= 0.3 is 5.97 Å². The third-order valence-corrected chi connectivity index (χ3v) is 12.2. The lowest BCUT2D eigenvalue weighted by molar-refractivity contribution is -0.137. The molecule has 1 heterocycles. The van der Waals surface area contributed by atoms with Gasteiger partial charge in [-0.2, -0.15) is 25.3 Å². The zero-order chi connectivity index (χ0) is 43.4. The Morgan fingerprint density at radius 2 is 1.35 bits per heavy atom. The molecule has 0 fully saturated rings. The minimum absolute atomic E-state index is 0.00214. The van der Waals surface area contributed by atoms with E-state index in [1.807, 2.05) is 0 Å². The lowest BCUT2D eigenvalue weighted by Gasteiger charge is -2.22. The van der Waals surface area contributed by atoms with Gasteiger partial charge in [-0.25, -0.2) is 0 Å². The van der Waals surface area contributed by atoms with Gasteiger partial charge in [0.2, 0.25) is 0 Å². The topological polar surface area (TPSA) is 258 Å². The van der Waals surface area contributed by atoms with E-state index < -0.39 is 47.1 Å². The van der Waals surface area contributed by atoms with E-state index in [4.69, 9.17) is 9.52 Å². The fourth-order valence-corrected chi connectivity index (χ4v) is 8.23. The van der Waals surface area contributed by atoms with Gasteiger partial charge in [0, 0.05) is 73.0 Å². The minimum Gasteiger partial charge on any atom is -0.481 e. The Bertz CT molecular complexity index is 2970. The second kappa shape index (κ2) is 17.7. The molecule has 19 heteroatoms. The van der Waals surface area contributed by atoms with Gasteiger partial charge < -0.3 is 19.7 Å². The van der Waals surface area contributed by atoms with Gasteiger partial charge in [-0.15, -0.1) is 0 Å². The number of carboxylic acids is 1. The van der Waals surface area contributed by atoms with E-state index in [-0.39, 0.29) is 64.4 Å². The van der Waals surface area contributed by atoms with Crippen molar-refractivity contribution in [2.24, 2.45) is 4.99 Å². The number of hydrogen-bond donors (Lipinski definition) is 5. The number of benzene rings is 5. The smallest absolute Gasteiger partial charge is 0.303 e. The second-order valence-corrected chi connectivity index (χ2v) is 18.0. The Labute approximate surface area is 345 Å². The summed E-state index contributed by atoms with van der Waals surface area (Å²) < 4.78 is 107. The summed E-state index contributed by atoms with van der Waals surface area (Å²) in [6.07, 6.45) is 0.774. The van der Waals surface area contributed by atoms with Crippen molar-refractivity contribution in [1.29, 1.82) is 0 Å². The summed E-state index contributed by atoms with van der Waals surface area (Å²) >= 11 is 0. The van der Waals surface area contributed by atoms with Crippen LogP contribution in [0.5, 0.6) is 0 Å². The number of carbonyl (C=O) groups is 2. The van der Waals surface area contributed by atoms with E-state index >= 15 is 0 Å². The van der Waals surface area contributed by atoms with Crippen LogP contribution in [0.2, 0.25) is 0 Å². The second-order valence-electron chi connectivity index (χ2n) is 13.8. The molecule has 60 heavy (non-hydrogen) atoms. The van der Waals surface area contributed by atoms with E-state index in [2.05, 4.69) is 10.3 Å². The lowest BCUT2D eigenvalue weighted by Crippen LogP contribution is -2.28. The van der Waals surface area contributed by atoms with Crippen LogP contribution in [0.15, 0.2) is 127 Å². The van der Waals surface area contributed by atoms with E-state index in [1.54, 1.807) is 61.6 Å². The van der Waals surface area contributed by atoms with Crippen molar-refractivity contribution in [2.45, 2.75) is 40.4 Å². The van der Waals surface area contributed by atoms with Crippen molar-refractivity contribution in [3.63, 3.8) is 0 Å². The van der Waals surface area contributed by atoms with E-state index in [1.165, 1.54) is 53.4 Å². The fraction of sp³-hybridized carbons (Fsp3) is 0.195. The van der Waals surface area contributed by atoms with Crippen molar-refractivity contribution >= 4 is 58.9 Å². The van der Waals surface area contributed by atoms with Gasteiger partial charge in [0.1, 0.15) is 16.2 Å². The van der Waals surface area contributed by atoms with Crippen LogP contribution in [-0.2, 0) is 48.0 Å². The van der Waals surface area contributed by atoms with Gasteiger partial charge in [-0.1, -0.05) is 42.5 Å². The summed E-state index contributed by atoms with van der Waals surface area (Å²) in [6.45, 7) is 0.549. The molecule has 6 rings (SSSR count). The highest BCUT2D eigenvalue weighted by atomic mass is 32.2. The average molecular weight is 878 g/mol. The molecular weight excluding hydrogens is 839 g/mol. The number of fused-ring (bicyclic) bond motifs is 2. The largest absolute Gasteiger partial charge is 0.481 e. The number of nitrogens with zero attached hydrogens (tertiary/aromatic N) is 2. The molecule has 2 aliphatic rings. The maximum atomic E-state index is 13.9. The maximum Gasteiger partial charge on any atom is 0.303 e. The van der Waals surface area contributed by atoms with Crippen LogP contribution in [0.1, 0.15) is 34.3 Å². The molecule has 0 spiro atoms. The van der Waals surface area contributed by atoms with Crippen molar-refractivity contribution < 1.29 is 58.0 Å². The SMILES string of the molecule is CN(CCCC(=O)O)C(=O)c1ccccc1-c1c2cc(S(=O)(=O)O)c(=NCCc3ccc(S(=O)(=O)O)cc3)cc-2oc2cc(NCCc3ccc(S(=O)(=O)O)cc3)ccc12. The number of hydrogen-bond acceptors (Lipinski definition) is 11. The number of aliphatic carboxylic acids is 1. The molecule has 1 aliphatic carbocycles. The highest BCUT2D eigenvalue weighted by Crippen LogP contribution is 2.42. The summed E-state index contributed by atoms with van der Waals surface area (Å²) in [5, 5.41) is 12.8.